The molecule has 2 aliphatic rings. The molecule has 0 unspecified atom stereocenters. The molecule has 2 rings (SSSR count). The Morgan fingerprint density at radius 1 is 1.23 bits per heavy atom. The lowest BCUT2D eigenvalue weighted by atomic mass is 9.63. The summed E-state index contributed by atoms with van der Waals surface area (Å²) >= 11 is 0. The molecular weight excluding hydrogens is 162 g/mol. The average Bonchev–Trinajstić information content (AvgIpc) is 2.52. The third-order valence-corrected chi connectivity index (χ3v) is 5.15. The van der Waals surface area contributed by atoms with Crippen molar-refractivity contribution in [1.82, 2.24) is 5.32 Å². The van der Waals surface area contributed by atoms with Crippen molar-refractivity contribution >= 4 is 0 Å². The Kier molecular flexibility index (Phi) is 1.81. The molecule has 2 nitrogen and oxygen atoms in total. The molecule has 2 N–H and O–H groups in total. The molecule has 0 saturated heterocycles. The van der Waals surface area contributed by atoms with Crippen LogP contribution in [0.4, 0.5) is 0 Å². The maximum absolute atomic E-state index is 9.88. The SMILES string of the molecule is CN[C@]1(C)[C@@H]2C[C@H](C[C@@H]2O)C1(C)C. The van der Waals surface area contributed by atoms with E-state index in [-0.39, 0.29) is 11.6 Å². The Morgan fingerprint density at radius 3 is 2.23 bits per heavy atom. The summed E-state index contributed by atoms with van der Waals surface area (Å²) in [6.45, 7) is 6.93. The molecule has 2 bridgehead atoms. The Bertz CT molecular complexity index is 226. The van der Waals surface area contributed by atoms with Crippen LogP contribution < -0.4 is 5.32 Å². The summed E-state index contributed by atoms with van der Waals surface area (Å²) in [6, 6.07) is 0. The molecule has 2 heteroatoms. The third-order valence-electron chi connectivity index (χ3n) is 5.15. The first-order valence-corrected chi connectivity index (χ1v) is 5.30. The van der Waals surface area contributed by atoms with Gasteiger partial charge in [-0.1, -0.05) is 13.8 Å². The number of hydrogen-bond donors (Lipinski definition) is 2. The molecule has 0 aliphatic heterocycles. The molecule has 0 aromatic rings. The highest BCUT2D eigenvalue weighted by atomic mass is 16.3. The smallest absolute Gasteiger partial charge is 0.0589 e. The molecule has 13 heavy (non-hydrogen) atoms. The molecule has 0 amide bonds. The van der Waals surface area contributed by atoms with Crippen LogP contribution >= 0.6 is 0 Å². The van der Waals surface area contributed by atoms with Gasteiger partial charge in [0.15, 0.2) is 0 Å². The van der Waals surface area contributed by atoms with Gasteiger partial charge in [-0.05, 0) is 38.1 Å². The summed E-state index contributed by atoms with van der Waals surface area (Å²) in [5, 5.41) is 13.3. The van der Waals surface area contributed by atoms with E-state index in [4.69, 9.17) is 0 Å². The van der Waals surface area contributed by atoms with E-state index in [9.17, 15) is 5.11 Å². The number of hydrogen-bond acceptors (Lipinski definition) is 2. The largest absolute Gasteiger partial charge is 0.393 e. The molecule has 0 aromatic heterocycles. The van der Waals surface area contributed by atoms with Crippen molar-refractivity contribution < 1.29 is 5.11 Å². The van der Waals surface area contributed by atoms with Crippen molar-refractivity contribution in [3.63, 3.8) is 0 Å². The standard InChI is InChI=1S/C11H21NO/c1-10(2)7-5-8(9(13)6-7)11(10,3)12-4/h7-9,12-13H,5-6H2,1-4H3/t7-,8-,9+,11-/m1/s1. The predicted octanol–water partition coefficient (Wildman–Crippen LogP) is 1.39. The number of rotatable bonds is 1. The highest BCUT2D eigenvalue weighted by molar-refractivity contribution is 5.16. The zero-order chi connectivity index (χ0) is 9.85. The van der Waals surface area contributed by atoms with Crippen LogP contribution in [-0.4, -0.2) is 23.8 Å². The van der Waals surface area contributed by atoms with Gasteiger partial charge in [0.1, 0.15) is 0 Å². The van der Waals surface area contributed by atoms with Gasteiger partial charge in [-0.2, -0.15) is 0 Å². The van der Waals surface area contributed by atoms with Crippen molar-refractivity contribution in [2.45, 2.75) is 45.3 Å². The van der Waals surface area contributed by atoms with Gasteiger partial charge in [-0.3, -0.25) is 0 Å². The second-order valence-electron chi connectivity index (χ2n) is 5.52. The van der Waals surface area contributed by atoms with Crippen LogP contribution in [0, 0.1) is 17.3 Å². The summed E-state index contributed by atoms with van der Waals surface area (Å²) in [6.07, 6.45) is 2.14. The fraction of sp³-hybridized carbons (Fsp3) is 1.00. The number of nitrogens with one attached hydrogen (secondary N) is 1. The van der Waals surface area contributed by atoms with Crippen LogP contribution in [0.3, 0.4) is 0 Å². The van der Waals surface area contributed by atoms with Crippen molar-refractivity contribution in [3.8, 4) is 0 Å². The quantitative estimate of drug-likeness (QED) is 0.644. The molecule has 76 valence electrons. The second kappa shape index (κ2) is 2.48. The minimum atomic E-state index is -0.0736. The third kappa shape index (κ3) is 0.909. The highest BCUT2D eigenvalue weighted by Crippen LogP contribution is 2.60. The van der Waals surface area contributed by atoms with Crippen molar-refractivity contribution in [3.05, 3.63) is 0 Å². The monoisotopic (exact) mass is 183 g/mol. The minimum Gasteiger partial charge on any atom is -0.393 e. The van der Waals surface area contributed by atoms with Gasteiger partial charge in [0, 0.05) is 11.5 Å². The lowest BCUT2D eigenvalue weighted by Crippen LogP contribution is -2.59. The van der Waals surface area contributed by atoms with Gasteiger partial charge < -0.3 is 10.4 Å². The average molecular weight is 183 g/mol. The van der Waals surface area contributed by atoms with Crippen LogP contribution in [-0.2, 0) is 0 Å². The lowest BCUT2D eigenvalue weighted by molar-refractivity contribution is -0.0120. The highest BCUT2D eigenvalue weighted by Gasteiger charge is 2.62. The topological polar surface area (TPSA) is 32.3 Å². The van der Waals surface area contributed by atoms with E-state index in [1.165, 1.54) is 6.42 Å². The summed E-state index contributed by atoms with van der Waals surface area (Å²) in [5.41, 5.74) is 0.445. The Labute approximate surface area is 80.7 Å². The van der Waals surface area contributed by atoms with Crippen LogP contribution in [0.1, 0.15) is 33.6 Å². The minimum absolute atomic E-state index is 0.0736. The maximum Gasteiger partial charge on any atom is 0.0589 e. The van der Waals surface area contributed by atoms with Gasteiger partial charge in [-0.15, -0.1) is 0 Å². The first-order chi connectivity index (χ1) is 5.93. The molecule has 0 aromatic carbocycles. The van der Waals surface area contributed by atoms with Gasteiger partial charge in [0.25, 0.3) is 0 Å². The predicted molar refractivity (Wildman–Crippen MR) is 53.5 cm³/mol. The Balaban J connectivity index is 2.36. The van der Waals surface area contributed by atoms with E-state index < -0.39 is 0 Å². The Morgan fingerprint density at radius 2 is 1.85 bits per heavy atom. The van der Waals surface area contributed by atoms with Gasteiger partial charge in [-0.25, -0.2) is 0 Å². The molecular formula is C11H21NO. The first kappa shape index (κ1) is 9.47. The zero-order valence-corrected chi connectivity index (χ0v) is 9.09. The molecule has 2 saturated carbocycles. The van der Waals surface area contributed by atoms with Crippen LogP contribution in [0.25, 0.3) is 0 Å². The lowest BCUT2D eigenvalue weighted by Gasteiger charge is -2.49. The van der Waals surface area contributed by atoms with E-state index in [2.05, 4.69) is 26.1 Å². The molecule has 0 spiro atoms. The van der Waals surface area contributed by atoms with E-state index in [0.29, 0.717) is 17.3 Å². The van der Waals surface area contributed by atoms with E-state index in [0.717, 1.165) is 6.42 Å². The normalized spacial score (nSPS) is 52.8. The fourth-order valence-corrected chi connectivity index (χ4v) is 3.63. The van der Waals surface area contributed by atoms with Gasteiger partial charge in [0.2, 0.25) is 0 Å². The van der Waals surface area contributed by atoms with Crippen LogP contribution in [0.15, 0.2) is 0 Å². The van der Waals surface area contributed by atoms with Gasteiger partial charge in [0.05, 0.1) is 6.10 Å². The van der Waals surface area contributed by atoms with Crippen molar-refractivity contribution in [1.29, 1.82) is 0 Å². The zero-order valence-electron chi connectivity index (χ0n) is 9.09. The van der Waals surface area contributed by atoms with E-state index in [1.54, 1.807) is 0 Å². The number of aliphatic hydroxyl groups is 1. The van der Waals surface area contributed by atoms with E-state index >= 15 is 0 Å². The first-order valence-electron chi connectivity index (χ1n) is 5.30. The van der Waals surface area contributed by atoms with Crippen molar-refractivity contribution in [2.75, 3.05) is 7.05 Å². The maximum atomic E-state index is 9.88. The molecule has 0 radical (unpaired) electrons. The molecule has 2 fully saturated rings. The molecule has 4 atom stereocenters. The van der Waals surface area contributed by atoms with E-state index in [1.807, 2.05) is 7.05 Å². The second-order valence-corrected chi connectivity index (χ2v) is 5.52. The summed E-state index contributed by atoms with van der Waals surface area (Å²) in [7, 11) is 2.02. The van der Waals surface area contributed by atoms with Crippen LogP contribution in [0.2, 0.25) is 0 Å². The summed E-state index contributed by atoms with van der Waals surface area (Å²) < 4.78 is 0. The number of fused-ring (bicyclic) bond motifs is 2. The molecule has 2 aliphatic carbocycles. The van der Waals surface area contributed by atoms with Gasteiger partial charge >= 0.3 is 0 Å². The fourth-order valence-electron chi connectivity index (χ4n) is 3.63. The summed E-state index contributed by atoms with van der Waals surface area (Å²) in [5.74, 6) is 1.16. The van der Waals surface area contributed by atoms with Crippen LogP contribution in [0.5, 0.6) is 0 Å². The number of aliphatic hydroxyl groups excluding tert-OH is 1. The summed E-state index contributed by atoms with van der Waals surface area (Å²) in [4.78, 5) is 0. The Hall–Kier alpha value is -0.0800. The molecule has 0 heterocycles. The van der Waals surface area contributed by atoms with Crippen molar-refractivity contribution in [2.24, 2.45) is 17.3 Å².